The van der Waals surface area contributed by atoms with Gasteiger partial charge in [-0.2, -0.15) is 0 Å². The summed E-state index contributed by atoms with van der Waals surface area (Å²) in [6, 6.07) is 7.58. The van der Waals surface area contributed by atoms with Crippen LogP contribution in [-0.2, 0) is 0 Å². The van der Waals surface area contributed by atoms with E-state index in [4.69, 9.17) is 0 Å². The van der Waals surface area contributed by atoms with Crippen LogP contribution in [0.2, 0.25) is 0 Å². The maximum Gasteiger partial charge on any atom is 0.319 e. The number of hydrogen-bond acceptors (Lipinski definition) is 1. The van der Waals surface area contributed by atoms with Crippen molar-refractivity contribution < 1.29 is 4.79 Å². The van der Waals surface area contributed by atoms with Crippen molar-refractivity contribution in [3.63, 3.8) is 0 Å². The Kier molecular flexibility index (Phi) is 5.24. The number of amides is 2. The highest BCUT2D eigenvalue weighted by atomic mass is 127. The van der Waals surface area contributed by atoms with Crippen LogP contribution in [0.25, 0.3) is 0 Å². The Bertz CT molecular complexity index is 450. The Morgan fingerprint density at radius 1 is 1.16 bits per heavy atom. The van der Waals surface area contributed by atoms with Gasteiger partial charge >= 0.3 is 6.03 Å². The van der Waals surface area contributed by atoms with Crippen molar-refractivity contribution in [2.24, 2.45) is 5.41 Å². The molecule has 19 heavy (non-hydrogen) atoms. The standard InChI is InChI=1S/C15H23IN2O/c1-14(2,3)10-15(4,5)18-13(19)17-12-9-7-6-8-11(12)16/h6-9H,10H2,1-5H3,(H2,17,18,19). The van der Waals surface area contributed by atoms with E-state index in [1.807, 2.05) is 38.1 Å². The molecule has 0 radical (unpaired) electrons. The summed E-state index contributed by atoms with van der Waals surface area (Å²) in [4.78, 5) is 12.0. The monoisotopic (exact) mass is 374 g/mol. The summed E-state index contributed by atoms with van der Waals surface area (Å²) >= 11 is 2.21. The first-order valence-electron chi connectivity index (χ1n) is 6.43. The highest BCUT2D eigenvalue weighted by Gasteiger charge is 2.27. The second kappa shape index (κ2) is 6.11. The van der Waals surface area contributed by atoms with Crippen LogP contribution in [0.15, 0.2) is 24.3 Å². The van der Waals surface area contributed by atoms with Crippen LogP contribution in [0, 0.1) is 8.99 Å². The highest BCUT2D eigenvalue weighted by molar-refractivity contribution is 14.1. The fourth-order valence-electron chi connectivity index (χ4n) is 2.39. The van der Waals surface area contributed by atoms with Crippen molar-refractivity contribution in [1.29, 1.82) is 0 Å². The van der Waals surface area contributed by atoms with Crippen molar-refractivity contribution in [3.05, 3.63) is 27.8 Å². The molecule has 3 nitrogen and oxygen atoms in total. The third-order valence-electron chi connectivity index (χ3n) is 2.55. The Hall–Kier alpha value is -0.780. The van der Waals surface area contributed by atoms with E-state index in [-0.39, 0.29) is 17.0 Å². The van der Waals surface area contributed by atoms with Gasteiger partial charge in [0, 0.05) is 9.11 Å². The number of nitrogens with one attached hydrogen (secondary N) is 2. The first-order chi connectivity index (χ1) is 8.59. The molecule has 4 heteroatoms. The molecule has 0 atom stereocenters. The van der Waals surface area contributed by atoms with E-state index in [0.717, 1.165) is 15.7 Å². The molecule has 0 aliphatic carbocycles. The van der Waals surface area contributed by atoms with Gasteiger partial charge in [-0.15, -0.1) is 0 Å². The maximum atomic E-state index is 12.0. The molecule has 0 heterocycles. The van der Waals surface area contributed by atoms with Crippen molar-refractivity contribution in [3.8, 4) is 0 Å². The largest absolute Gasteiger partial charge is 0.333 e. The van der Waals surface area contributed by atoms with Crippen molar-refractivity contribution >= 4 is 34.3 Å². The van der Waals surface area contributed by atoms with Crippen LogP contribution in [-0.4, -0.2) is 11.6 Å². The van der Waals surface area contributed by atoms with Crippen LogP contribution in [0.5, 0.6) is 0 Å². The SMILES string of the molecule is CC(C)(C)CC(C)(C)NC(=O)Nc1ccccc1I. The molecule has 0 aliphatic rings. The molecule has 0 fully saturated rings. The zero-order valence-electron chi connectivity index (χ0n) is 12.3. The smallest absolute Gasteiger partial charge is 0.319 e. The molecule has 2 amide bonds. The van der Waals surface area contributed by atoms with E-state index < -0.39 is 0 Å². The summed E-state index contributed by atoms with van der Waals surface area (Å²) in [6.45, 7) is 10.6. The predicted molar refractivity (Wildman–Crippen MR) is 89.5 cm³/mol. The Morgan fingerprint density at radius 2 is 1.74 bits per heavy atom. The minimum Gasteiger partial charge on any atom is -0.333 e. The molecular formula is C15H23IN2O. The van der Waals surface area contributed by atoms with E-state index in [1.165, 1.54) is 0 Å². The summed E-state index contributed by atoms with van der Waals surface area (Å²) in [7, 11) is 0. The molecule has 1 aromatic rings. The molecule has 0 saturated carbocycles. The van der Waals surface area contributed by atoms with Crippen LogP contribution in [0.4, 0.5) is 10.5 Å². The van der Waals surface area contributed by atoms with E-state index in [2.05, 4.69) is 54.0 Å². The summed E-state index contributed by atoms with van der Waals surface area (Å²) in [5, 5.41) is 5.93. The fourth-order valence-corrected chi connectivity index (χ4v) is 2.92. The molecule has 0 aliphatic heterocycles. The molecule has 2 N–H and O–H groups in total. The van der Waals surface area contributed by atoms with Gasteiger partial charge in [-0.25, -0.2) is 4.79 Å². The van der Waals surface area contributed by atoms with Crippen LogP contribution >= 0.6 is 22.6 Å². The molecule has 0 saturated heterocycles. The fraction of sp³-hybridized carbons (Fsp3) is 0.533. The van der Waals surface area contributed by atoms with Gasteiger partial charge in [0.15, 0.2) is 0 Å². The lowest BCUT2D eigenvalue weighted by Gasteiger charge is -2.33. The number of urea groups is 1. The molecule has 1 aromatic carbocycles. The van der Waals surface area contributed by atoms with E-state index in [9.17, 15) is 4.79 Å². The number of carbonyl (C=O) groups excluding carboxylic acids is 1. The summed E-state index contributed by atoms with van der Waals surface area (Å²) in [5.74, 6) is 0. The van der Waals surface area contributed by atoms with Crippen LogP contribution in [0.3, 0.4) is 0 Å². The lowest BCUT2D eigenvalue weighted by molar-refractivity contribution is 0.220. The molecule has 106 valence electrons. The number of halogens is 1. The number of hydrogen-bond donors (Lipinski definition) is 2. The third-order valence-corrected chi connectivity index (χ3v) is 3.49. The number of para-hydroxylation sites is 1. The zero-order chi connectivity index (χ0) is 14.7. The van der Waals surface area contributed by atoms with Gasteiger partial charge in [0.25, 0.3) is 0 Å². The topological polar surface area (TPSA) is 41.1 Å². The van der Waals surface area contributed by atoms with Crippen LogP contribution in [0.1, 0.15) is 41.0 Å². The lowest BCUT2D eigenvalue weighted by atomic mass is 9.82. The van der Waals surface area contributed by atoms with Crippen molar-refractivity contribution in [1.82, 2.24) is 5.32 Å². The Balaban J connectivity index is 2.63. The van der Waals surface area contributed by atoms with Gasteiger partial charge in [0.05, 0.1) is 5.69 Å². The third kappa shape index (κ3) is 6.27. The summed E-state index contributed by atoms with van der Waals surface area (Å²) in [5.41, 5.74) is 0.785. The second-order valence-electron chi connectivity index (χ2n) is 6.68. The van der Waals surface area contributed by atoms with Gasteiger partial charge in [0.2, 0.25) is 0 Å². The molecule has 0 spiro atoms. The molecule has 0 bridgehead atoms. The summed E-state index contributed by atoms with van der Waals surface area (Å²) in [6.07, 6.45) is 0.916. The average Bonchev–Trinajstić information content (AvgIpc) is 2.16. The molecule has 0 unspecified atom stereocenters. The van der Waals surface area contributed by atoms with E-state index >= 15 is 0 Å². The number of rotatable bonds is 3. The minimum atomic E-state index is -0.234. The maximum absolute atomic E-state index is 12.0. The number of benzene rings is 1. The first-order valence-corrected chi connectivity index (χ1v) is 7.51. The van der Waals surface area contributed by atoms with Gasteiger partial charge < -0.3 is 10.6 Å². The van der Waals surface area contributed by atoms with Crippen LogP contribution < -0.4 is 10.6 Å². The molecule has 1 rings (SSSR count). The zero-order valence-corrected chi connectivity index (χ0v) is 14.5. The Morgan fingerprint density at radius 3 is 2.26 bits per heavy atom. The molecular weight excluding hydrogens is 351 g/mol. The number of carbonyl (C=O) groups is 1. The van der Waals surface area contributed by atoms with Gasteiger partial charge in [-0.1, -0.05) is 32.9 Å². The first kappa shape index (κ1) is 16.3. The normalized spacial score (nSPS) is 12.1. The van der Waals surface area contributed by atoms with E-state index in [1.54, 1.807) is 0 Å². The Labute approximate surface area is 129 Å². The van der Waals surface area contributed by atoms with Gasteiger partial charge in [0.1, 0.15) is 0 Å². The van der Waals surface area contributed by atoms with E-state index in [0.29, 0.717) is 0 Å². The quantitative estimate of drug-likeness (QED) is 0.745. The molecule has 0 aromatic heterocycles. The average molecular weight is 374 g/mol. The van der Waals surface area contributed by atoms with Crippen molar-refractivity contribution in [2.75, 3.05) is 5.32 Å². The lowest BCUT2D eigenvalue weighted by Crippen LogP contribution is -2.47. The second-order valence-corrected chi connectivity index (χ2v) is 7.84. The van der Waals surface area contributed by atoms with Gasteiger partial charge in [-0.3, -0.25) is 0 Å². The highest BCUT2D eigenvalue weighted by Crippen LogP contribution is 2.27. The summed E-state index contributed by atoms with van der Waals surface area (Å²) < 4.78 is 1.03. The van der Waals surface area contributed by atoms with Gasteiger partial charge in [-0.05, 0) is 60.4 Å². The predicted octanol–water partition coefficient (Wildman–Crippen LogP) is 4.63. The van der Waals surface area contributed by atoms with Crippen molar-refractivity contribution in [2.45, 2.75) is 46.6 Å². The minimum absolute atomic E-state index is 0.154. The number of anilines is 1.